The molecule has 0 bridgehead atoms. The average molecular weight is 550 g/mol. The van der Waals surface area contributed by atoms with Gasteiger partial charge >= 0.3 is 156 Å². The van der Waals surface area contributed by atoms with E-state index in [1.165, 1.54) is 12.8 Å². The van der Waals surface area contributed by atoms with Crippen molar-refractivity contribution in [1.82, 2.24) is 0 Å². The number of hydrogen-bond donors (Lipinski definition) is 0. The summed E-state index contributed by atoms with van der Waals surface area (Å²) in [5.41, 5.74) is 6.77. The number of rotatable bonds is 6. The van der Waals surface area contributed by atoms with Gasteiger partial charge in [-0.1, -0.05) is 0 Å². The second-order valence-corrected chi connectivity index (χ2v) is 11.8. The van der Waals surface area contributed by atoms with Crippen LogP contribution in [0.1, 0.15) is 68.2 Å². The van der Waals surface area contributed by atoms with Gasteiger partial charge in [-0.2, -0.15) is 0 Å². The van der Waals surface area contributed by atoms with E-state index in [9.17, 15) is 0 Å². The largest absolute Gasteiger partial charge is 1.00 e. The van der Waals surface area contributed by atoms with E-state index in [2.05, 4.69) is 67.5 Å². The smallest absolute Gasteiger partial charge is 1.00 e. The van der Waals surface area contributed by atoms with Gasteiger partial charge in [-0.25, -0.2) is 0 Å². The molecule has 25 heavy (non-hydrogen) atoms. The number of halogens is 2. The van der Waals surface area contributed by atoms with E-state index in [4.69, 9.17) is 0 Å². The maximum Gasteiger partial charge on any atom is -1.00 e. The monoisotopic (exact) mass is 546 g/mol. The van der Waals surface area contributed by atoms with Crippen LogP contribution in [0.4, 0.5) is 0 Å². The molecule has 2 rings (SSSR count). The third-order valence-corrected chi connectivity index (χ3v) is 8.84. The van der Waals surface area contributed by atoms with E-state index < -0.39 is 23.2 Å². The van der Waals surface area contributed by atoms with E-state index in [0.29, 0.717) is 23.7 Å². The summed E-state index contributed by atoms with van der Waals surface area (Å²) in [6, 6.07) is 0. The SMILES string of the molecule is CC(C)C1=CC[C]([Zr+2][C]2=C(C(C)C)C(C(C)C)=CC2)=C1C(C)C.[Br-].[Br-]. The summed E-state index contributed by atoms with van der Waals surface area (Å²) in [5.74, 6) is 2.72. The Morgan fingerprint density at radius 3 is 1.16 bits per heavy atom. The summed E-state index contributed by atoms with van der Waals surface area (Å²) in [5, 5.41) is 0. The molecular weight excluding hydrogens is 515 g/mol. The number of hydrogen-bond acceptors (Lipinski definition) is 0. The predicted octanol–water partition coefficient (Wildman–Crippen LogP) is 0.869. The van der Waals surface area contributed by atoms with Gasteiger partial charge in [-0.3, -0.25) is 0 Å². The zero-order valence-electron chi connectivity index (χ0n) is 17.1. The summed E-state index contributed by atoms with van der Waals surface area (Å²) in [4.78, 5) is 0. The summed E-state index contributed by atoms with van der Waals surface area (Å²) in [6.07, 6.45) is 7.58. The van der Waals surface area contributed by atoms with Crippen LogP contribution in [0.3, 0.4) is 0 Å². The fraction of sp³-hybridized carbons (Fsp3) is 0.636. The average Bonchev–Trinajstić information content (AvgIpc) is 3.02. The molecule has 140 valence electrons. The first-order valence-corrected chi connectivity index (χ1v) is 11.8. The van der Waals surface area contributed by atoms with Gasteiger partial charge in [0.25, 0.3) is 0 Å². The van der Waals surface area contributed by atoms with Crippen molar-refractivity contribution in [2.24, 2.45) is 23.7 Å². The third kappa shape index (κ3) is 5.89. The van der Waals surface area contributed by atoms with Crippen molar-refractivity contribution in [1.29, 1.82) is 0 Å². The van der Waals surface area contributed by atoms with Crippen LogP contribution in [0.2, 0.25) is 0 Å². The molecule has 0 aromatic heterocycles. The standard InChI is InChI=1S/2C11H17.2BrH.Zr/c2*1-8(2)10-6-5-7-11(10)9(3)4;;;/h2*6,8-9H,5H2,1-4H3;2*1H;/q;;;;+2/p-2. The zero-order valence-corrected chi connectivity index (χ0v) is 22.8. The molecule has 0 aromatic carbocycles. The van der Waals surface area contributed by atoms with Crippen molar-refractivity contribution in [3.8, 4) is 0 Å². The molecular formula is C22H34Br2Zr. The van der Waals surface area contributed by atoms with Gasteiger partial charge in [0.1, 0.15) is 0 Å². The Morgan fingerprint density at radius 2 is 0.920 bits per heavy atom. The van der Waals surface area contributed by atoms with Crippen LogP contribution in [0, 0.1) is 23.7 Å². The maximum absolute atomic E-state index is 2.54. The first kappa shape index (κ1) is 25.8. The minimum absolute atomic E-state index is 0. The summed E-state index contributed by atoms with van der Waals surface area (Å²) >= 11 is -0.621. The van der Waals surface area contributed by atoms with E-state index in [1.807, 2.05) is 6.56 Å². The Labute approximate surface area is 188 Å². The molecule has 0 fully saturated rings. The molecule has 0 N–H and O–H groups in total. The number of allylic oxidation sites excluding steroid dienone is 8. The van der Waals surface area contributed by atoms with Gasteiger partial charge in [0.15, 0.2) is 0 Å². The van der Waals surface area contributed by atoms with E-state index in [1.54, 1.807) is 22.3 Å². The Balaban J connectivity index is 0.00000288. The van der Waals surface area contributed by atoms with E-state index in [0.717, 1.165) is 0 Å². The molecule has 0 aromatic rings. The van der Waals surface area contributed by atoms with Crippen LogP contribution in [0.25, 0.3) is 0 Å². The topological polar surface area (TPSA) is 0 Å². The fourth-order valence-electron chi connectivity index (χ4n) is 4.09. The Kier molecular flexibility index (Phi) is 11.3. The first-order chi connectivity index (χ1) is 10.7. The van der Waals surface area contributed by atoms with Crippen molar-refractivity contribution in [3.05, 3.63) is 41.0 Å². The maximum atomic E-state index is 2.54. The molecule has 2 aliphatic carbocycles. The molecule has 0 radical (unpaired) electrons. The quantitative estimate of drug-likeness (QED) is 0.462. The zero-order chi connectivity index (χ0) is 17.3. The third-order valence-electron chi connectivity index (χ3n) is 5.02. The molecule has 0 amide bonds. The van der Waals surface area contributed by atoms with Gasteiger partial charge in [0.05, 0.1) is 0 Å². The van der Waals surface area contributed by atoms with E-state index >= 15 is 0 Å². The van der Waals surface area contributed by atoms with Crippen LogP contribution in [-0.4, -0.2) is 0 Å². The van der Waals surface area contributed by atoms with Crippen LogP contribution < -0.4 is 34.0 Å². The summed E-state index contributed by atoms with van der Waals surface area (Å²) in [6.45, 7) is 19.0. The normalized spacial score (nSPS) is 17.3. The van der Waals surface area contributed by atoms with Crippen LogP contribution in [0.5, 0.6) is 0 Å². The van der Waals surface area contributed by atoms with Gasteiger partial charge < -0.3 is 34.0 Å². The van der Waals surface area contributed by atoms with Gasteiger partial charge in [0.2, 0.25) is 0 Å². The molecule has 0 unspecified atom stereocenters. The predicted molar refractivity (Wildman–Crippen MR) is 98.8 cm³/mol. The van der Waals surface area contributed by atoms with Crippen molar-refractivity contribution in [3.63, 3.8) is 0 Å². The molecule has 3 heteroatoms. The molecule has 0 nitrogen and oxygen atoms in total. The Morgan fingerprint density at radius 1 is 0.600 bits per heavy atom. The molecule has 0 heterocycles. The molecule has 0 spiro atoms. The summed E-state index contributed by atoms with van der Waals surface area (Å²) < 4.78 is 3.72. The van der Waals surface area contributed by atoms with Crippen LogP contribution in [0.15, 0.2) is 41.0 Å². The van der Waals surface area contributed by atoms with Gasteiger partial charge in [0, 0.05) is 0 Å². The molecule has 0 saturated carbocycles. The molecule has 0 atom stereocenters. The van der Waals surface area contributed by atoms with Crippen molar-refractivity contribution < 1.29 is 57.2 Å². The van der Waals surface area contributed by atoms with Crippen molar-refractivity contribution in [2.45, 2.75) is 68.2 Å². The van der Waals surface area contributed by atoms with Crippen LogP contribution >= 0.6 is 0 Å². The molecule has 2 aliphatic rings. The molecule has 0 aliphatic heterocycles. The second kappa shape index (κ2) is 11.0. The Hall–Kier alpha value is 0.803. The fourth-order valence-corrected chi connectivity index (χ4v) is 8.78. The van der Waals surface area contributed by atoms with Crippen LogP contribution in [-0.2, 0) is 23.2 Å². The van der Waals surface area contributed by atoms with Crippen molar-refractivity contribution >= 4 is 0 Å². The Bertz CT molecular complexity index is 535. The minimum Gasteiger partial charge on any atom is -1.00 e. The molecule has 0 saturated heterocycles. The van der Waals surface area contributed by atoms with Gasteiger partial charge in [-0.15, -0.1) is 0 Å². The first-order valence-electron chi connectivity index (χ1n) is 9.37. The van der Waals surface area contributed by atoms with E-state index in [-0.39, 0.29) is 34.0 Å². The second-order valence-electron chi connectivity index (χ2n) is 8.26. The van der Waals surface area contributed by atoms with Gasteiger partial charge in [-0.05, 0) is 0 Å². The van der Waals surface area contributed by atoms with Crippen molar-refractivity contribution in [2.75, 3.05) is 0 Å². The minimum atomic E-state index is -0.621. The summed E-state index contributed by atoms with van der Waals surface area (Å²) in [7, 11) is 0.